The van der Waals surface area contributed by atoms with Gasteiger partial charge in [-0.1, -0.05) is 5.16 Å². The molecule has 0 bridgehead atoms. The van der Waals surface area contributed by atoms with Gasteiger partial charge < -0.3 is 21.0 Å². The number of carbonyl (C=O) groups is 1. The Morgan fingerprint density at radius 2 is 1.93 bits per heavy atom. The SMILES string of the molecule is CCOC(=O)Nc1cc(NC/C(=N/O)c2ccc([N+](=O)[O-])cc2)c([N+](=O)[O-])c(N)n1. The van der Waals surface area contributed by atoms with Gasteiger partial charge in [0.2, 0.25) is 5.82 Å². The van der Waals surface area contributed by atoms with Crippen LogP contribution in [-0.2, 0) is 4.74 Å². The number of nitrogens with two attached hydrogens (primary N) is 1. The second kappa shape index (κ2) is 9.63. The molecule has 1 aromatic carbocycles. The largest absolute Gasteiger partial charge is 0.450 e. The van der Waals surface area contributed by atoms with Gasteiger partial charge >= 0.3 is 11.8 Å². The molecule has 0 radical (unpaired) electrons. The fourth-order valence-electron chi connectivity index (χ4n) is 2.37. The number of rotatable bonds is 8. The molecule has 1 amide bonds. The Bertz CT molecular complexity index is 992. The number of anilines is 3. The number of nitro benzene ring substituents is 1. The summed E-state index contributed by atoms with van der Waals surface area (Å²) in [5.41, 5.74) is 5.20. The highest BCUT2D eigenvalue weighted by Crippen LogP contribution is 2.32. The maximum atomic E-state index is 11.6. The van der Waals surface area contributed by atoms with Crippen LogP contribution in [0, 0.1) is 20.2 Å². The number of hydrogen-bond donors (Lipinski definition) is 4. The molecule has 0 saturated heterocycles. The Balaban J connectivity index is 2.28. The van der Waals surface area contributed by atoms with Gasteiger partial charge in [0.25, 0.3) is 5.69 Å². The summed E-state index contributed by atoms with van der Waals surface area (Å²) in [7, 11) is 0. The number of oxime groups is 1. The molecule has 0 aliphatic carbocycles. The average Bonchev–Trinajstić information content (AvgIpc) is 2.68. The highest BCUT2D eigenvalue weighted by atomic mass is 16.6. The lowest BCUT2D eigenvalue weighted by Crippen LogP contribution is -2.18. The van der Waals surface area contributed by atoms with Gasteiger partial charge in [0, 0.05) is 23.8 Å². The highest BCUT2D eigenvalue weighted by molar-refractivity contribution is 6.03. The van der Waals surface area contributed by atoms with Crippen LogP contribution in [0.5, 0.6) is 0 Å². The summed E-state index contributed by atoms with van der Waals surface area (Å²) in [6.07, 6.45) is -0.826. The van der Waals surface area contributed by atoms with Gasteiger partial charge in [0.15, 0.2) is 0 Å². The van der Waals surface area contributed by atoms with E-state index in [2.05, 4.69) is 20.8 Å². The van der Waals surface area contributed by atoms with Crippen molar-refractivity contribution in [3.05, 3.63) is 56.1 Å². The number of amides is 1. The van der Waals surface area contributed by atoms with E-state index in [1.165, 1.54) is 24.3 Å². The molecule has 158 valence electrons. The van der Waals surface area contributed by atoms with E-state index in [1.807, 2.05) is 0 Å². The summed E-state index contributed by atoms with van der Waals surface area (Å²) < 4.78 is 4.72. The number of nitro groups is 2. The molecule has 2 aromatic rings. The number of ether oxygens (including phenoxy) is 1. The van der Waals surface area contributed by atoms with Crippen molar-refractivity contribution in [2.75, 3.05) is 29.5 Å². The van der Waals surface area contributed by atoms with Crippen molar-refractivity contribution >= 4 is 40.5 Å². The fourth-order valence-corrected chi connectivity index (χ4v) is 2.37. The molecule has 0 aliphatic heterocycles. The molecule has 0 unspecified atom stereocenters. The third kappa shape index (κ3) is 5.28. The first-order valence-corrected chi connectivity index (χ1v) is 8.35. The van der Waals surface area contributed by atoms with Crippen molar-refractivity contribution in [2.45, 2.75) is 6.92 Å². The molecule has 30 heavy (non-hydrogen) atoms. The van der Waals surface area contributed by atoms with Gasteiger partial charge in [0.1, 0.15) is 17.2 Å². The number of benzene rings is 1. The van der Waals surface area contributed by atoms with E-state index in [9.17, 15) is 30.2 Å². The second-order valence-corrected chi connectivity index (χ2v) is 5.60. The fraction of sp³-hybridized carbons (Fsp3) is 0.188. The maximum Gasteiger partial charge on any atom is 0.412 e. The van der Waals surface area contributed by atoms with E-state index in [-0.39, 0.29) is 36.1 Å². The summed E-state index contributed by atoms with van der Waals surface area (Å²) in [5.74, 6) is -0.563. The van der Waals surface area contributed by atoms with E-state index >= 15 is 0 Å². The standard InChI is InChI=1S/C16H17N7O7/c1-2-30-16(24)20-13-7-11(14(23(28)29)15(17)19-13)18-8-12(21-25)9-3-5-10(6-4-9)22(26)27/h3-7,25H,2,8H2,1H3,(H4,17,18,19,20,24)/b21-12-. The van der Waals surface area contributed by atoms with Crippen LogP contribution >= 0.6 is 0 Å². The lowest BCUT2D eigenvalue weighted by atomic mass is 10.1. The van der Waals surface area contributed by atoms with Crippen LogP contribution in [0.25, 0.3) is 0 Å². The zero-order chi connectivity index (χ0) is 22.3. The quantitative estimate of drug-likeness (QED) is 0.212. The van der Waals surface area contributed by atoms with Crippen molar-refractivity contribution in [3.63, 3.8) is 0 Å². The Hall–Kier alpha value is -4.49. The molecular formula is C16H17N7O7. The van der Waals surface area contributed by atoms with Gasteiger partial charge in [-0.3, -0.25) is 25.5 Å². The Kier molecular flexibility index (Phi) is 7.00. The minimum Gasteiger partial charge on any atom is -0.450 e. The summed E-state index contributed by atoms with van der Waals surface area (Å²) in [6.45, 7) is 1.49. The predicted molar refractivity (Wildman–Crippen MR) is 106 cm³/mol. The molecule has 1 aromatic heterocycles. The predicted octanol–water partition coefficient (Wildman–Crippen LogP) is 2.34. The first kappa shape index (κ1) is 21.8. The minimum absolute atomic E-state index is 0.0366. The van der Waals surface area contributed by atoms with Gasteiger partial charge in [-0.05, 0) is 19.1 Å². The molecule has 1 heterocycles. The van der Waals surface area contributed by atoms with Crippen LogP contribution in [-0.4, -0.2) is 45.0 Å². The third-order valence-corrected chi connectivity index (χ3v) is 3.69. The topological polar surface area (TPSA) is 208 Å². The lowest BCUT2D eigenvalue weighted by molar-refractivity contribution is -0.384. The number of hydrogen-bond acceptors (Lipinski definition) is 11. The van der Waals surface area contributed by atoms with Crippen molar-refractivity contribution in [2.24, 2.45) is 5.16 Å². The van der Waals surface area contributed by atoms with Gasteiger partial charge in [-0.2, -0.15) is 0 Å². The van der Waals surface area contributed by atoms with E-state index in [0.717, 1.165) is 6.07 Å². The van der Waals surface area contributed by atoms with Crippen LogP contribution in [0.4, 0.5) is 33.5 Å². The number of nitrogens with one attached hydrogen (secondary N) is 2. The Morgan fingerprint density at radius 1 is 1.27 bits per heavy atom. The van der Waals surface area contributed by atoms with Crippen LogP contribution in [0.1, 0.15) is 12.5 Å². The van der Waals surface area contributed by atoms with E-state index < -0.39 is 27.4 Å². The van der Waals surface area contributed by atoms with Gasteiger partial charge in [-0.25, -0.2) is 9.78 Å². The Labute approximate surface area is 168 Å². The molecular weight excluding hydrogens is 402 g/mol. The number of aromatic nitrogens is 1. The van der Waals surface area contributed by atoms with Crippen molar-refractivity contribution in [1.29, 1.82) is 0 Å². The van der Waals surface area contributed by atoms with Crippen LogP contribution in [0.3, 0.4) is 0 Å². The molecule has 0 spiro atoms. The van der Waals surface area contributed by atoms with Gasteiger partial charge in [0.05, 0.1) is 23.0 Å². The highest BCUT2D eigenvalue weighted by Gasteiger charge is 2.22. The van der Waals surface area contributed by atoms with Crippen molar-refractivity contribution < 1.29 is 24.6 Å². The summed E-state index contributed by atoms with van der Waals surface area (Å²) >= 11 is 0. The van der Waals surface area contributed by atoms with Crippen LogP contribution in [0.2, 0.25) is 0 Å². The zero-order valence-electron chi connectivity index (χ0n) is 15.6. The molecule has 5 N–H and O–H groups in total. The summed E-state index contributed by atoms with van der Waals surface area (Å²) in [5, 5.41) is 39.5. The van der Waals surface area contributed by atoms with E-state index in [4.69, 9.17) is 10.5 Å². The van der Waals surface area contributed by atoms with Crippen molar-refractivity contribution in [1.82, 2.24) is 4.98 Å². The normalized spacial score (nSPS) is 10.9. The molecule has 0 aliphatic rings. The molecule has 14 heteroatoms. The summed E-state index contributed by atoms with van der Waals surface area (Å²) in [4.78, 5) is 36.1. The molecule has 0 atom stereocenters. The first-order chi connectivity index (χ1) is 14.3. The Morgan fingerprint density at radius 3 is 2.47 bits per heavy atom. The number of nitrogen functional groups attached to an aromatic ring is 1. The number of nitrogens with zero attached hydrogens (tertiary/aromatic N) is 4. The van der Waals surface area contributed by atoms with Crippen LogP contribution in [0.15, 0.2) is 35.5 Å². The smallest absolute Gasteiger partial charge is 0.412 e. The second-order valence-electron chi connectivity index (χ2n) is 5.60. The molecule has 0 saturated carbocycles. The first-order valence-electron chi connectivity index (χ1n) is 8.35. The maximum absolute atomic E-state index is 11.6. The monoisotopic (exact) mass is 419 g/mol. The van der Waals surface area contributed by atoms with E-state index in [1.54, 1.807) is 6.92 Å². The number of pyridine rings is 1. The van der Waals surface area contributed by atoms with Crippen molar-refractivity contribution in [3.8, 4) is 0 Å². The lowest BCUT2D eigenvalue weighted by Gasteiger charge is -2.12. The third-order valence-electron chi connectivity index (χ3n) is 3.69. The minimum atomic E-state index is -0.826. The zero-order valence-corrected chi connectivity index (χ0v) is 15.6. The average molecular weight is 419 g/mol. The molecule has 2 rings (SSSR count). The number of non-ortho nitro benzene ring substituents is 1. The molecule has 14 nitrogen and oxygen atoms in total. The van der Waals surface area contributed by atoms with E-state index in [0.29, 0.717) is 5.56 Å². The number of carbonyl (C=O) groups excluding carboxylic acids is 1. The summed E-state index contributed by atoms with van der Waals surface area (Å²) in [6, 6.07) is 6.32. The van der Waals surface area contributed by atoms with Gasteiger partial charge in [-0.15, -0.1) is 0 Å². The van der Waals surface area contributed by atoms with Crippen LogP contribution < -0.4 is 16.4 Å². The molecule has 0 fully saturated rings.